The van der Waals surface area contributed by atoms with Gasteiger partial charge in [0.25, 0.3) is 0 Å². The van der Waals surface area contributed by atoms with E-state index in [2.05, 4.69) is 67.2 Å². The standard InChI is InChI=1S/C22H27I2N3O3/c1-21(2,3)30-20(28)25-16-11-22(9-15(16)10-22)27-17(26-18(23)19(27)24)13-29-12-14-7-5-4-6-8-14/h4-8,15-16H,9-13H2,1-3H3,(H,25,28)/t15?,16-,22?/m0/s1. The van der Waals surface area contributed by atoms with E-state index in [0.29, 0.717) is 19.1 Å². The molecule has 2 aromatic rings. The largest absolute Gasteiger partial charge is 0.444 e. The lowest BCUT2D eigenvalue weighted by molar-refractivity contribution is 0.0491. The van der Waals surface area contributed by atoms with E-state index in [1.54, 1.807) is 0 Å². The molecule has 1 atom stereocenters. The van der Waals surface area contributed by atoms with Crippen LogP contribution >= 0.6 is 45.2 Å². The minimum absolute atomic E-state index is 0.0166. The number of alkyl carbamates (subject to hydrolysis) is 1. The van der Waals surface area contributed by atoms with Gasteiger partial charge in [-0.15, -0.1) is 0 Å². The summed E-state index contributed by atoms with van der Waals surface area (Å²) < 4.78 is 16.0. The van der Waals surface area contributed by atoms with E-state index in [4.69, 9.17) is 14.5 Å². The lowest BCUT2D eigenvalue weighted by atomic mass is 9.76. The number of rotatable bonds is 6. The first-order valence-electron chi connectivity index (χ1n) is 10.2. The Balaban J connectivity index is 1.44. The second kappa shape index (κ2) is 8.57. The van der Waals surface area contributed by atoms with Crippen molar-refractivity contribution in [3.63, 3.8) is 0 Å². The second-order valence-corrected chi connectivity index (χ2v) is 11.3. The number of amides is 1. The lowest BCUT2D eigenvalue weighted by Gasteiger charge is -2.41. The Hall–Kier alpha value is -0.880. The molecule has 3 aliphatic rings. The maximum absolute atomic E-state index is 12.3. The molecular weight excluding hydrogens is 608 g/mol. The number of halogens is 2. The molecule has 0 spiro atoms. The van der Waals surface area contributed by atoms with Crippen LogP contribution in [-0.4, -0.2) is 27.3 Å². The number of carbonyl (C=O) groups is 1. The molecule has 1 heterocycles. The molecule has 1 N–H and O–H groups in total. The number of hydrogen-bond donors (Lipinski definition) is 1. The highest BCUT2D eigenvalue weighted by molar-refractivity contribution is 14.1. The Morgan fingerprint density at radius 3 is 2.57 bits per heavy atom. The molecular formula is C22H27I2N3O3. The Kier molecular flexibility index (Phi) is 6.38. The number of hydrogen-bond acceptors (Lipinski definition) is 4. The van der Waals surface area contributed by atoms with Gasteiger partial charge in [0, 0.05) is 11.6 Å². The predicted octanol–water partition coefficient (Wildman–Crippen LogP) is 5.21. The van der Waals surface area contributed by atoms with Crippen LogP contribution in [-0.2, 0) is 28.2 Å². The highest BCUT2D eigenvalue weighted by Gasteiger charge is 2.59. The molecule has 0 aliphatic heterocycles. The van der Waals surface area contributed by atoms with Crippen LogP contribution in [0.1, 0.15) is 51.4 Å². The first-order valence-corrected chi connectivity index (χ1v) is 12.4. The van der Waals surface area contributed by atoms with Crippen molar-refractivity contribution in [1.29, 1.82) is 0 Å². The summed E-state index contributed by atoms with van der Waals surface area (Å²) in [4.78, 5) is 17.1. The molecule has 3 aliphatic carbocycles. The SMILES string of the molecule is CC(C)(C)OC(=O)N[C@H]1CC2(n3c(COCc4ccccc4)nc(I)c3I)CC1C2. The Bertz CT molecular complexity index is 918. The number of benzene rings is 1. The topological polar surface area (TPSA) is 65.4 Å². The molecule has 0 radical (unpaired) electrons. The molecule has 6 nitrogen and oxygen atoms in total. The first kappa shape index (κ1) is 22.3. The highest BCUT2D eigenvalue weighted by Crippen LogP contribution is 2.58. The minimum Gasteiger partial charge on any atom is -0.444 e. The van der Waals surface area contributed by atoms with Gasteiger partial charge in [-0.1, -0.05) is 30.3 Å². The van der Waals surface area contributed by atoms with Gasteiger partial charge in [-0.3, -0.25) is 0 Å². The number of imidazole rings is 1. The summed E-state index contributed by atoms with van der Waals surface area (Å²) in [5.74, 6) is 1.46. The van der Waals surface area contributed by atoms with Crippen molar-refractivity contribution in [1.82, 2.24) is 14.9 Å². The Morgan fingerprint density at radius 2 is 1.90 bits per heavy atom. The van der Waals surface area contributed by atoms with Crippen LogP contribution in [0.15, 0.2) is 30.3 Å². The number of ether oxygens (including phenoxy) is 2. The van der Waals surface area contributed by atoms with E-state index in [1.807, 2.05) is 39.0 Å². The van der Waals surface area contributed by atoms with Gasteiger partial charge in [-0.05, 0) is 96.7 Å². The molecule has 1 aromatic heterocycles. The normalized spacial score (nSPS) is 25.1. The van der Waals surface area contributed by atoms with Crippen LogP contribution in [0.4, 0.5) is 4.79 Å². The zero-order valence-electron chi connectivity index (χ0n) is 17.5. The van der Waals surface area contributed by atoms with E-state index in [0.717, 1.165) is 38.1 Å². The zero-order valence-corrected chi connectivity index (χ0v) is 21.8. The van der Waals surface area contributed by atoms with Crippen molar-refractivity contribution < 1.29 is 14.3 Å². The third kappa shape index (κ3) is 4.64. The summed E-state index contributed by atoms with van der Waals surface area (Å²) in [6.07, 6.45) is 2.70. The molecule has 30 heavy (non-hydrogen) atoms. The van der Waals surface area contributed by atoms with E-state index in [9.17, 15) is 4.79 Å². The van der Waals surface area contributed by atoms with Gasteiger partial charge < -0.3 is 19.4 Å². The molecule has 2 bridgehead atoms. The summed E-state index contributed by atoms with van der Waals surface area (Å²) in [6.45, 7) is 6.71. The molecule has 3 saturated carbocycles. The number of nitrogens with one attached hydrogen (secondary N) is 1. The molecule has 0 saturated heterocycles. The van der Waals surface area contributed by atoms with E-state index < -0.39 is 5.60 Å². The van der Waals surface area contributed by atoms with Crippen molar-refractivity contribution in [3.05, 3.63) is 49.1 Å². The van der Waals surface area contributed by atoms with Crippen molar-refractivity contribution in [2.45, 2.75) is 70.4 Å². The van der Waals surface area contributed by atoms with Gasteiger partial charge in [0.05, 0.1) is 6.61 Å². The summed E-state index contributed by atoms with van der Waals surface area (Å²) in [7, 11) is 0. The molecule has 3 fully saturated rings. The fourth-order valence-electron chi connectivity index (χ4n) is 4.67. The second-order valence-electron chi connectivity index (χ2n) is 9.27. The predicted molar refractivity (Wildman–Crippen MR) is 131 cm³/mol. The number of fused-ring (bicyclic) bond motifs is 1. The van der Waals surface area contributed by atoms with Crippen LogP contribution < -0.4 is 5.32 Å². The van der Waals surface area contributed by atoms with Gasteiger partial charge in [0.1, 0.15) is 25.4 Å². The maximum Gasteiger partial charge on any atom is 0.407 e. The van der Waals surface area contributed by atoms with Crippen LogP contribution in [0, 0.1) is 13.3 Å². The first-order chi connectivity index (χ1) is 14.2. The number of carbonyl (C=O) groups excluding carboxylic acids is 1. The molecule has 1 aromatic carbocycles. The summed E-state index contributed by atoms with van der Waals surface area (Å²) in [5, 5.41) is 3.10. The third-order valence-corrected chi connectivity index (χ3v) is 8.60. The zero-order chi connectivity index (χ0) is 21.5. The molecule has 1 amide bonds. The fourth-order valence-corrected chi connectivity index (χ4v) is 6.10. The quantitative estimate of drug-likeness (QED) is 0.443. The molecule has 5 rings (SSSR count). The van der Waals surface area contributed by atoms with E-state index in [-0.39, 0.29) is 17.7 Å². The molecule has 162 valence electrons. The lowest BCUT2D eigenvalue weighted by Crippen LogP contribution is -2.42. The average Bonchev–Trinajstić information content (AvgIpc) is 3.23. The van der Waals surface area contributed by atoms with Crippen LogP contribution in [0.25, 0.3) is 0 Å². The van der Waals surface area contributed by atoms with Crippen molar-refractivity contribution in [3.8, 4) is 0 Å². The molecule has 8 heteroatoms. The van der Waals surface area contributed by atoms with Crippen LogP contribution in [0.3, 0.4) is 0 Å². The number of aromatic nitrogens is 2. The van der Waals surface area contributed by atoms with Gasteiger partial charge in [-0.25, -0.2) is 9.78 Å². The van der Waals surface area contributed by atoms with Crippen LogP contribution in [0.5, 0.6) is 0 Å². The number of nitrogens with zero attached hydrogens (tertiary/aromatic N) is 2. The monoisotopic (exact) mass is 635 g/mol. The van der Waals surface area contributed by atoms with Crippen LogP contribution in [0.2, 0.25) is 0 Å². The Morgan fingerprint density at radius 1 is 1.20 bits per heavy atom. The maximum atomic E-state index is 12.3. The smallest absolute Gasteiger partial charge is 0.407 e. The minimum atomic E-state index is -0.484. The highest BCUT2D eigenvalue weighted by atomic mass is 127. The van der Waals surface area contributed by atoms with E-state index in [1.165, 1.54) is 0 Å². The summed E-state index contributed by atoms with van der Waals surface area (Å²) >= 11 is 4.69. The van der Waals surface area contributed by atoms with Gasteiger partial charge in [-0.2, -0.15) is 0 Å². The average molecular weight is 635 g/mol. The van der Waals surface area contributed by atoms with E-state index >= 15 is 0 Å². The summed E-state index contributed by atoms with van der Waals surface area (Å²) in [5.41, 5.74) is 0.690. The van der Waals surface area contributed by atoms with Crippen molar-refractivity contribution >= 4 is 51.3 Å². The third-order valence-electron chi connectivity index (χ3n) is 5.82. The fraction of sp³-hybridized carbons (Fsp3) is 0.545. The van der Waals surface area contributed by atoms with Crippen molar-refractivity contribution in [2.24, 2.45) is 5.92 Å². The summed E-state index contributed by atoms with van der Waals surface area (Å²) in [6, 6.07) is 10.3. The van der Waals surface area contributed by atoms with Gasteiger partial charge in [0.2, 0.25) is 0 Å². The van der Waals surface area contributed by atoms with Gasteiger partial charge >= 0.3 is 6.09 Å². The Labute approximate surface area is 204 Å². The van der Waals surface area contributed by atoms with Gasteiger partial charge in [0.15, 0.2) is 0 Å². The van der Waals surface area contributed by atoms with Crippen molar-refractivity contribution in [2.75, 3.05) is 0 Å². The molecule has 0 unspecified atom stereocenters.